The number of carbonyl (C=O) groups is 2. The number of rotatable bonds is 2. The summed E-state index contributed by atoms with van der Waals surface area (Å²) in [6.07, 6.45) is 9.15. The fourth-order valence-electron chi connectivity index (χ4n) is 4.90. The van der Waals surface area contributed by atoms with Crippen LogP contribution in [0.1, 0.15) is 61.0 Å². The molecule has 0 N–H and O–H groups in total. The van der Waals surface area contributed by atoms with Crippen LogP contribution in [-0.2, 0) is 4.79 Å². The number of likely N-dealkylation sites (tertiary alicyclic amines) is 2. The van der Waals surface area contributed by atoms with Crippen molar-refractivity contribution in [2.75, 3.05) is 13.1 Å². The molecule has 0 aromatic carbocycles. The highest BCUT2D eigenvalue weighted by Crippen LogP contribution is 2.36. The van der Waals surface area contributed by atoms with Gasteiger partial charge >= 0.3 is 0 Å². The molecule has 0 bridgehead atoms. The maximum atomic E-state index is 13.3. The molecular weight excluding hydrogens is 320 g/mol. The second kappa shape index (κ2) is 6.87. The van der Waals surface area contributed by atoms with Gasteiger partial charge in [0.15, 0.2) is 0 Å². The zero-order valence-electron chi connectivity index (χ0n) is 14.2. The van der Waals surface area contributed by atoms with Gasteiger partial charge in [0, 0.05) is 19.1 Å². The smallest absolute Gasteiger partial charge is 0.264 e. The van der Waals surface area contributed by atoms with Crippen molar-refractivity contribution in [2.24, 2.45) is 5.92 Å². The quantitative estimate of drug-likeness (QED) is 0.822. The minimum Gasteiger partial charge on any atom is -0.338 e. The van der Waals surface area contributed by atoms with Gasteiger partial charge in [-0.15, -0.1) is 11.3 Å². The molecule has 4 rings (SSSR count). The summed E-state index contributed by atoms with van der Waals surface area (Å²) >= 11 is 1.47. The Kier molecular flexibility index (Phi) is 4.61. The van der Waals surface area contributed by atoms with Crippen LogP contribution < -0.4 is 0 Å². The summed E-state index contributed by atoms with van der Waals surface area (Å²) in [4.78, 5) is 30.8. The molecule has 1 aromatic rings. The predicted octanol–water partition coefficient (Wildman–Crippen LogP) is 3.53. The van der Waals surface area contributed by atoms with E-state index in [1.807, 2.05) is 22.4 Å². The van der Waals surface area contributed by atoms with Crippen molar-refractivity contribution in [2.45, 2.75) is 63.5 Å². The number of hydrogen-bond donors (Lipinski definition) is 0. The van der Waals surface area contributed by atoms with E-state index in [4.69, 9.17) is 0 Å². The zero-order chi connectivity index (χ0) is 16.5. The lowest BCUT2D eigenvalue weighted by molar-refractivity contribution is -0.141. The number of hydrogen-bond acceptors (Lipinski definition) is 3. The first kappa shape index (κ1) is 16.1. The molecule has 1 saturated carbocycles. The van der Waals surface area contributed by atoms with Gasteiger partial charge in [0.25, 0.3) is 5.91 Å². The monoisotopic (exact) mass is 346 g/mol. The van der Waals surface area contributed by atoms with Crippen molar-refractivity contribution in [1.82, 2.24) is 9.80 Å². The fourth-order valence-corrected chi connectivity index (χ4v) is 5.58. The molecule has 24 heavy (non-hydrogen) atoms. The standard InChI is InChI=1S/C19H26N2O2S/c22-18(20-11-3-7-14-6-1-2-8-15(14)20)16-9-4-12-21(16)19(23)17-10-5-13-24-17/h5,10,13-16H,1-4,6-9,11-12H2. The van der Waals surface area contributed by atoms with Crippen molar-refractivity contribution < 1.29 is 9.59 Å². The first-order chi connectivity index (χ1) is 11.8. The van der Waals surface area contributed by atoms with Crippen LogP contribution in [0.5, 0.6) is 0 Å². The van der Waals surface area contributed by atoms with E-state index in [2.05, 4.69) is 4.90 Å². The Morgan fingerprint density at radius 1 is 0.958 bits per heavy atom. The Bertz CT molecular complexity index is 599. The van der Waals surface area contributed by atoms with E-state index in [0.29, 0.717) is 12.0 Å². The number of thiophene rings is 1. The average molecular weight is 346 g/mol. The molecule has 0 radical (unpaired) electrons. The molecule has 0 spiro atoms. The molecule has 1 aliphatic carbocycles. The molecule has 3 atom stereocenters. The highest BCUT2D eigenvalue weighted by atomic mass is 32.1. The first-order valence-electron chi connectivity index (χ1n) is 9.40. The molecular formula is C19H26N2O2S. The molecule has 2 amide bonds. The Morgan fingerprint density at radius 2 is 1.71 bits per heavy atom. The van der Waals surface area contributed by atoms with Gasteiger partial charge in [-0.05, 0) is 55.9 Å². The van der Waals surface area contributed by atoms with Gasteiger partial charge in [-0.2, -0.15) is 0 Å². The van der Waals surface area contributed by atoms with Crippen molar-refractivity contribution in [3.05, 3.63) is 22.4 Å². The molecule has 130 valence electrons. The van der Waals surface area contributed by atoms with Gasteiger partial charge < -0.3 is 9.80 Å². The van der Waals surface area contributed by atoms with E-state index in [-0.39, 0.29) is 17.9 Å². The van der Waals surface area contributed by atoms with Crippen molar-refractivity contribution in [3.63, 3.8) is 0 Å². The predicted molar refractivity (Wildman–Crippen MR) is 95.1 cm³/mol. The Morgan fingerprint density at radius 3 is 2.54 bits per heavy atom. The summed E-state index contributed by atoms with van der Waals surface area (Å²) in [5, 5.41) is 1.93. The van der Waals surface area contributed by atoms with Gasteiger partial charge in [0.1, 0.15) is 6.04 Å². The Balaban J connectivity index is 1.51. The second-order valence-corrected chi connectivity index (χ2v) is 8.37. The van der Waals surface area contributed by atoms with E-state index in [1.165, 1.54) is 37.0 Å². The first-order valence-corrected chi connectivity index (χ1v) is 10.3. The van der Waals surface area contributed by atoms with Crippen molar-refractivity contribution in [3.8, 4) is 0 Å². The molecule has 4 nitrogen and oxygen atoms in total. The van der Waals surface area contributed by atoms with Gasteiger partial charge in [0.05, 0.1) is 4.88 Å². The van der Waals surface area contributed by atoms with Crippen molar-refractivity contribution in [1.29, 1.82) is 0 Å². The molecule has 2 aliphatic heterocycles. The lowest BCUT2D eigenvalue weighted by atomic mass is 9.78. The third-order valence-corrected chi connectivity index (χ3v) is 6.91. The van der Waals surface area contributed by atoms with Crippen LogP contribution >= 0.6 is 11.3 Å². The summed E-state index contributed by atoms with van der Waals surface area (Å²) in [5.41, 5.74) is 0. The molecule has 3 fully saturated rings. The third-order valence-electron chi connectivity index (χ3n) is 6.06. The zero-order valence-corrected chi connectivity index (χ0v) is 15.0. The largest absolute Gasteiger partial charge is 0.338 e. The van der Waals surface area contributed by atoms with E-state index >= 15 is 0 Å². The topological polar surface area (TPSA) is 40.6 Å². The van der Waals surface area contributed by atoms with Gasteiger partial charge in [-0.3, -0.25) is 9.59 Å². The summed E-state index contributed by atoms with van der Waals surface area (Å²) in [6.45, 7) is 1.60. The molecule has 3 heterocycles. The molecule has 5 heteroatoms. The summed E-state index contributed by atoms with van der Waals surface area (Å²) in [6, 6.07) is 3.96. The van der Waals surface area contributed by atoms with Crippen molar-refractivity contribution >= 4 is 23.2 Å². The number of nitrogens with zero attached hydrogens (tertiary/aromatic N) is 2. The van der Waals surface area contributed by atoms with E-state index < -0.39 is 0 Å². The summed E-state index contributed by atoms with van der Waals surface area (Å²) < 4.78 is 0. The minimum atomic E-state index is -0.236. The lowest BCUT2D eigenvalue weighted by Gasteiger charge is -2.45. The van der Waals surface area contributed by atoms with Crippen LogP contribution in [0.25, 0.3) is 0 Å². The Labute approximate surface area is 147 Å². The van der Waals surface area contributed by atoms with Gasteiger partial charge in [0.2, 0.25) is 5.91 Å². The molecule has 3 unspecified atom stereocenters. The average Bonchev–Trinajstić information content (AvgIpc) is 3.31. The SMILES string of the molecule is O=C(c1cccs1)N1CCCC1C(=O)N1CCCC2CCCCC21. The van der Waals surface area contributed by atoms with Gasteiger partial charge in [-0.25, -0.2) is 0 Å². The van der Waals surface area contributed by atoms with E-state index in [1.54, 1.807) is 0 Å². The van der Waals surface area contributed by atoms with Crippen LogP contribution in [0, 0.1) is 5.92 Å². The van der Waals surface area contributed by atoms with Crippen LogP contribution in [0.4, 0.5) is 0 Å². The highest BCUT2D eigenvalue weighted by molar-refractivity contribution is 7.12. The second-order valence-electron chi connectivity index (χ2n) is 7.42. The van der Waals surface area contributed by atoms with Gasteiger partial charge in [-0.1, -0.05) is 18.9 Å². The van der Waals surface area contributed by atoms with E-state index in [0.717, 1.165) is 43.6 Å². The number of piperidine rings is 1. The Hall–Kier alpha value is -1.36. The maximum Gasteiger partial charge on any atom is 0.264 e. The fraction of sp³-hybridized carbons (Fsp3) is 0.684. The van der Waals surface area contributed by atoms with E-state index in [9.17, 15) is 9.59 Å². The van der Waals surface area contributed by atoms with Crippen LogP contribution in [0.2, 0.25) is 0 Å². The maximum absolute atomic E-state index is 13.3. The summed E-state index contributed by atoms with van der Waals surface area (Å²) in [7, 11) is 0. The number of amides is 2. The molecule has 3 aliphatic rings. The van der Waals surface area contributed by atoms with Crippen LogP contribution in [0.3, 0.4) is 0 Å². The normalized spacial score (nSPS) is 30.2. The lowest BCUT2D eigenvalue weighted by Crippen LogP contribution is -2.55. The third kappa shape index (κ3) is 2.87. The van der Waals surface area contributed by atoms with Crippen LogP contribution in [-0.4, -0.2) is 46.8 Å². The molecule has 2 saturated heterocycles. The number of carbonyl (C=O) groups excluding carboxylic acids is 2. The molecule has 1 aromatic heterocycles. The highest BCUT2D eigenvalue weighted by Gasteiger charge is 2.42. The summed E-state index contributed by atoms with van der Waals surface area (Å²) in [5.74, 6) is 0.950. The number of fused-ring (bicyclic) bond motifs is 1. The minimum absolute atomic E-state index is 0.0399. The van der Waals surface area contributed by atoms with Crippen LogP contribution in [0.15, 0.2) is 17.5 Å².